The Balaban J connectivity index is 2.10. The van der Waals surface area contributed by atoms with Gasteiger partial charge in [0.2, 0.25) is 5.78 Å². The van der Waals surface area contributed by atoms with Crippen molar-refractivity contribution in [2.75, 3.05) is 0 Å². The molecule has 18 heavy (non-hydrogen) atoms. The SMILES string of the molecule is Cc1ncc(C(=O)c2cc3cccc(C)c3o2)s1. The molecule has 0 radical (unpaired) electrons. The zero-order valence-corrected chi connectivity index (χ0v) is 10.9. The minimum absolute atomic E-state index is 0.101. The van der Waals surface area contributed by atoms with Crippen LogP contribution in [0.25, 0.3) is 11.0 Å². The van der Waals surface area contributed by atoms with Crippen LogP contribution in [0.2, 0.25) is 0 Å². The maximum absolute atomic E-state index is 12.2. The summed E-state index contributed by atoms with van der Waals surface area (Å²) in [5.74, 6) is 0.277. The van der Waals surface area contributed by atoms with E-state index in [4.69, 9.17) is 4.42 Å². The Kier molecular flexibility index (Phi) is 2.52. The molecule has 0 fully saturated rings. The van der Waals surface area contributed by atoms with E-state index in [9.17, 15) is 4.79 Å². The van der Waals surface area contributed by atoms with Crippen LogP contribution >= 0.6 is 11.3 Å². The predicted molar refractivity (Wildman–Crippen MR) is 71.2 cm³/mol. The first-order chi connectivity index (χ1) is 8.65. The van der Waals surface area contributed by atoms with Crippen molar-refractivity contribution >= 4 is 28.1 Å². The van der Waals surface area contributed by atoms with Crippen molar-refractivity contribution in [1.82, 2.24) is 4.98 Å². The number of nitrogens with zero attached hydrogens (tertiary/aromatic N) is 1. The highest BCUT2D eigenvalue weighted by molar-refractivity contribution is 7.13. The Hall–Kier alpha value is -1.94. The highest BCUT2D eigenvalue weighted by Gasteiger charge is 2.17. The number of thiazole rings is 1. The van der Waals surface area contributed by atoms with Crippen molar-refractivity contribution < 1.29 is 9.21 Å². The molecule has 2 aromatic heterocycles. The standard InChI is InChI=1S/C14H11NO2S/c1-8-4-3-5-10-6-11(17-14(8)10)13(16)12-7-15-9(2)18-12/h3-7H,1-2H3. The molecular weight excluding hydrogens is 246 g/mol. The maximum Gasteiger partial charge on any atom is 0.239 e. The Labute approximate surface area is 108 Å². The number of aromatic nitrogens is 1. The molecule has 0 aliphatic carbocycles. The lowest BCUT2D eigenvalue weighted by Gasteiger charge is -1.92. The van der Waals surface area contributed by atoms with E-state index >= 15 is 0 Å². The summed E-state index contributed by atoms with van der Waals surface area (Å²) in [4.78, 5) is 16.9. The average Bonchev–Trinajstić information content (AvgIpc) is 2.95. The summed E-state index contributed by atoms with van der Waals surface area (Å²) in [5.41, 5.74) is 1.81. The highest BCUT2D eigenvalue weighted by atomic mass is 32.1. The van der Waals surface area contributed by atoms with Crippen LogP contribution < -0.4 is 0 Å². The summed E-state index contributed by atoms with van der Waals surface area (Å²) in [6.45, 7) is 3.85. The molecule has 3 nitrogen and oxygen atoms in total. The fourth-order valence-electron chi connectivity index (χ4n) is 1.91. The highest BCUT2D eigenvalue weighted by Crippen LogP contribution is 2.25. The number of furan rings is 1. The molecule has 0 atom stereocenters. The molecule has 4 heteroatoms. The lowest BCUT2D eigenvalue weighted by atomic mass is 10.2. The van der Waals surface area contributed by atoms with E-state index in [-0.39, 0.29) is 5.78 Å². The number of fused-ring (bicyclic) bond motifs is 1. The molecule has 3 aromatic rings. The van der Waals surface area contributed by atoms with E-state index in [1.807, 2.05) is 32.0 Å². The fourth-order valence-corrected chi connectivity index (χ4v) is 2.63. The van der Waals surface area contributed by atoms with Gasteiger partial charge in [0.05, 0.1) is 9.88 Å². The number of hydrogen-bond acceptors (Lipinski definition) is 4. The Morgan fingerprint density at radius 3 is 2.83 bits per heavy atom. The quantitative estimate of drug-likeness (QED) is 0.657. The first kappa shape index (κ1) is 11.2. The van der Waals surface area contributed by atoms with Crippen molar-refractivity contribution in [1.29, 1.82) is 0 Å². The van der Waals surface area contributed by atoms with Gasteiger partial charge in [-0.15, -0.1) is 11.3 Å². The van der Waals surface area contributed by atoms with Gasteiger partial charge in [-0.3, -0.25) is 4.79 Å². The van der Waals surface area contributed by atoms with Crippen LogP contribution in [0.5, 0.6) is 0 Å². The minimum Gasteiger partial charge on any atom is -0.452 e. The lowest BCUT2D eigenvalue weighted by molar-refractivity contribution is 0.101. The summed E-state index contributed by atoms with van der Waals surface area (Å²) < 4.78 is 5.65. The smallest absolute Gasteiger partial charge is 0.239 e. The second-order valence-corrected chi connectivity index (χ2v) is 5.41. The molecule has 3 rings (SSSR count). The number of ketones is 1. The van der Waals surface area contributed by atoms with Gasteiger partial charge in [0.15, 0.2) is 5.76 Å². The maximum atomic E-state index is 12.2. The number of aryl methyl sites for hydroxylation is 2. The summed E-state index contributed by atoms with van der Waals surface area (Å²) >= 11 is 1.38. The molecule has 0 spiro atoms. The third-order valence-electron chi connectivity index (χ3n) is 2.81. The largest absolute Gasteiger partial charge is 0.452 e. The number of carbonyl (C=O) groups is 1. The summed E-state index contributed by atoms with van der Waals surface area (Å²) in [5, 5.41) is 1.84. The zero-order valence-electron chi connectivity index (χ0n) is 10.1. The van der Waals surface area contributed by atoms with Gasteiger partial charge >= 0.3 is 0 Å². The van der Waals surface area contributed by atoms with Crippen LogP contribution in [0.15, 0.2) is 34.9 Å². The Morgan fingerprint density at radius 1 is 1.33 bits per heavy atom. The van der Waals surface area contributed by atoms with Gasteiger partial charge in [-0.05, 0) is 25.5 Å². The second kappa shape index (κ2) is 4.07. The Morgan fingerprint density at radius 2 is 2.17 bits per heavy atom. The van der Waals surface area contributed by atoms with Gasteiger partial charge in [0, 0.05) is 11.6 Å². The number of benzene rings is 1. The number of para-hydroxylation sites is 1. The van der Waals surface area contributed by atoms with Gasteiger partial charge in [-0.2, -0.15) is 0 Å². The summed E-state index contributed by atoms with van der Waals surface area (Å²) in [7, 11) is 0. The van der Waals surface area contributed by atoms with Crippen LogP contribution in [0.4, 0.5) is 0 Å². The van der Waals surface area contributed by atoms with E-state index in [2.05, 4.69) is 4.98 Å². The van der Waals surface area contributed by atoms with Crippen molar-refractivity contribution in [3.05, 3.63) is 51.7 Å². The number of hydrogen-bond donors (Lipinski definition) is 0. The average molecular weight is 257 g/mol. The molecule has 0 amide bonds. The third kappa shape index (κ3) is 1.75. The van der Waals surface area contributed by atoms with E-state index in [0.29, 0.717) is 10.6 Å². The van der Waals surface area contributed by atoms with Crippen LogP contribution in [-0.2, 0) is 0 Å². The molecule has 0 unspecified atom stereocenters. The van der Waals surface area contributed by atoms with Crippen LogP contribution in [0.1, 0.15) is 26.0 Å². The van der Waals surface area contributed by atoms with Crippen LogP contribution in [0.3, 0.4) is 0 Å². The van der Waals surface area contributed by atoms with Crippen molar-refractivity contribution in [3.8, 4) is 0 Å². The molecule has 0 saturated carbocycles. The zero-order chi connectivity index (χ0) is 12.7. The van der Waals surface area contributed by atoms with Crippen molar-refractivity contribution in [2.45, 2.75) is 13.8 Å². The predicted octanol–water partition coefficient (Wildman–Crippen LogP) is 3.74. The second-order valence-electron chi connectivity index (χ2n) is 4.18. The normalized spacial score (nSPS) is 11.0. The first-order valence-electron chi connectivity index (χ1n) is 5.61. The van der Waals surface area contributed by atoms with E-state index in [1.54, 1.807) is 12.3 Å². The van der Waals surface area contributed by atoms with E-state index in [0.717, 1.165) is 21.5 Å². The monoisotopic (exact) mass is 257 g/mol. The minimum atomic E-state index is -0.101. The van der Waals surface area contributed by atoms with Gasteiger partial charge < -0.3 is 4.42 Å². The van der Waals surface area contributed by atoms with Crippen LogP contribution in [-0.4, -0.2) is 10.8 Å². The first-order valence-corrected chi connectivity index (χ1v) is 6.43. The molecule has 0 N–H and O–H groups in total. The van der Waals surface area contributed by atoms with E-state index < -0.39 is 0 Å². The van der Waals surface area contributed by atoms with Crippen LogP contribution in [0, 0.1) is 13.8 Å². The molecule has 0 saturated heterocycles. The van der Waals surface area contributed by atoms with Crippen molar-refractivity contribution in [2.24, 2.45) is 0 Å². The van der Waals surface area contributed by atoms with Crippen molar-refractivity contribution in [3.63, 3.8) is 0 Å². The molecule has 90 valence electrons. The fraction of sp³-hybridized carbons (Fsp3) is 0.143. The summed E-state index contributed by atoms with van der Waals surface area (Å²) in [6.07, 6.45) is 1.60. The third-order valence-corrected chi connectivity index (χ3v) is 3.72. The van der Waals surface area contributed by atoms with Gasteiger partial charge in [-0.25, -0.2) is 4.98 Å². The summed E-state index contributed by atoms with van der Waals surface area (Å²) in [6, 6.07) is 7.66. The topological polar surface area (TPSA) is 43.1 Å². The van der Waals surface area contributed by atoms with Gasteiger partial charge in [0.1, 0.15) is 5.58 Å². The molecule has 0 aliphatic heterocycles. The van der Waals surface area contributed by atoms with Gasteiger partial charge in [0.25, 0.3) is 0 Å². The molecule has 2 heterocycles. The number of carbonyl (C=O) groups excluding carboxylic acids is 1. The molecule has 0 aliphatic rings. The Bertz CT molecular complexity index is 739. The molecule has 1 aromatic carbocycles. The number of rotatable bonds is 2. The lowest BCUT2D eigenvalue weighted by Crippen LogP contribution is -1.95. The molecular formula is C14H11NO2S. The van der Waals surface area contributed by atoms with E-state index in [1.165, 1.54) is 11.3 Å². The van der Waals surface area contributed by atoms with Gasteiger partial charge in [-0.1, -0.05) is 18.2 Å². The molecule has 0 bridgehead atoms.